The highest BCUT2D eigenvalue weighted by Gasteiger charge is 2.32. The van der Waals surface area contributed by atoms with Gasteiger partial charge in [0.15, 0.2) is 0 Å². The Balaban J connectivity index is 1.28. The first-order chi connectivity index (χ1) is 17.9. The van der Waals surface area contributed by atoms with Crippen molar-refractivity contribution in [1.29, 1.82) is 0 Å². The number of rotatable bonds is 10. The maximum Gasteiger partial charge on any atom is 0.247 e. The summed E-state index contributed by atoms with van der Waals surface area (Å²) >= 11 is 0. The van der Waals surface area contributed by atoms with Crippen LogP contribution in [0.4, 0.5) is 10.1 Å². The van der Waals surface area contributed by atoms with Gasteiger partial charge in [-0.05, 0) is 82.4 Å². The number of hydrogen-bond donors (Lipinski definition) is 2. The Morgan fingerprint density at radius 3 is 2.57 bits per heavy atom. The molecule has 7 heteroatoms. The van der Waals surface area contributed by atoms with Gasteiger partial charge >= 0.3 is 0 Å². The predicted molar refractivity (Wildman–Crippen MR) is 150 cm³/mol. The topological polar surface area (TPSA) is 60.5 Å². The quantitative estimate of drug-likeness (QED) is 0.263. The standard InChI is InChI=1S/C30H44FN5O/c1-5-8-23(6-2)30(37)32-20-22-11-12-25(19-22)35-15-17-36(18-16-35)27-14-13-26(34-29(27)31)28(33-21(3)4)24-9-7-10-24/h5,8,13-14,21-22,25,33H,1,6-7,9-12,15-20H2,2-4H3,(H,32,37)/b23-8-/t22-,25+/m1/s1. The summed E-state index contributed by atoms with van der Waals surface area (Å²) < 4.78 is 15.2. The van der Waals surface area contributed by atoms with E-state index in [1.54, 1.807) is 12.2 Å². The monoisotopic (exact) mass is 509 g/mol. The number of nitrogens with one attached hydrogen (secondary N) is 2. The van der Waals surface area contributed by atoms with Crippen LogP contribution >= 0.6 is 0 Å². The minimum absolute atomic E-state index is 0.0251. The first-order valence-corrected chi connectivity index (χ1v) is 14.1. The zero-order chi connectivity index (χ0) is 26.4. The Hall–Kier alpha value is -2.67. The molecule has 6 nitrogen and oxygen atoms in total. The first-order valence-electron chi connectivity index (χ1n) is 14.1. The number of halogens is 1. The van der Waals surface area contributed by atoms with E-state index in [0.717, 1.165) is 81.8 Å². The number of amides is 1. The number of piperazine rings is 1. The largest absolute Gasteiger partial charge is 0.381 e. The van der Waals surface area contributed by atoms with Crippen molar-refractivity contribution in [3.63, 3.8) is 0 Å². The van der Waals surface area contributed by atoms with Crippen LogP contribution in [-0.4, -0.2) is 60.6 Å². The number of allylic oxidation sites excluding steroid dienone is 3. The molecule has 0 unspecified atom stereocenters. The lowest BCUT2D eigenvalue weighted by Gasteiger charge is -2.39. The highest BCUT2D eigenvalue weighted by atomic mass is 19.1. The Morgan fingerprint density at radius 1 is 1.22 bits per heavy atom. The van der Waals surface area contributed by atoms with Gasteiger partial charge in [0.1, 0.15) is 0 Å². The number of nitrogens with zero attached hydrogens (tertiary/aromatic N) is 3. The van der Waals surface area contributed by atoms with Crippen molar-refractivity contribution in [2.75, 3.05) is 37.6 Å². The summed E-state index contributed by atoms with van der Waals surface area (Å²) in [4.78, 5) is 21.5. The maximum atomic E-state index is 15.2. The number of pyridine rings is 1. The van der Waals surface area contributed by atoms with E-state index in [2.05, 4.69) is 45.8 Å². The maximum absolute atomic E-state index is 15.2. The molecule has 2 heterocycles. The number of aromatic nitrogens is 1. The smallest absolute Gasteiger partial charge is 0.247 e. The molecule has 2 atom stereocenters. The molecule has 0 radical (unpaired) electrons. The highest BCUT2D eigenvalue weighted by Crippen LogP contribution is 2.33. The second-order valence-corrected chi connectivity index (χ2v) is 11.0. The zero-order valence-corrected chi connectivity index (χ0v) is 22.9. The summed E-state index contributed by atoms with van der Waals surface area (Å²) in [6.07, 6.45) is 10.9. The van der Waals surface area contributed by atoms with Crippen molar-refractivity contribution in [3.8, 4) is 0 Å². The van der Waals surface area contributed by atoms with E-state index in [1.165, 1.54) is 12.0 Å². The Kier molecular flexibility index (Phi) is 9.41. The van der Waals surface area contributed by atoms with Crippen LogP contribution < -0.4 is 15.5 Å². The van der Waals surface area contributed by atoms with Gasteiger partial charge in [-0.3, -0.25) is 9.69 Å². The molecule has 2 aliphatic carbocycles. The third kappa shape index (κ3) is 6.81. The molecular weight excluding hydrogens is 465 g/mol. The van der Waals surface area contributed by atoms with Crippen molar-refractivity contribution < 1.29 is 9.18 Å². The SMILES string of the molecule is C=C/C=C(/CC)C(=O)NC[C@@H]1CC[C@H](N2CCN(c3ccc(C(NC(C)C)=C4CCC4)nc3F)CC2)C1. The van der Waals surface area contributed by atoms with Crippen molar-refractivity contribution in [2.45, 2.75) is 77.8 Å². The fourth-order valence-corrected chi connectivity index (χ4v) is 5.79. The molecule has 1 amide bonds. The van der Waals surface area contributed by atoms with E-state index in [-0.39, 0.29) is 17.9 Å². The van der Waals surface area contributed by atoms with Crippen LogP contribution in [0.2, 0.25) is 0 Å². The van der Waals surface area contributed by atoms with Gasteiger partial charge in [0.25, 0.3) is 0 Å². The van der Waals surface area contributed by atoms with E-state index < -0.39 is 0 Å². The second-order valence-electron chi connectivity index (χ2n) is 11.0. The molecule has 2 N–H and O–H groups in total. The molecule has 1 saturated heterocycles. The predicted octanol–water partition coefficient (Wildman–Crippen LogP) is 5.04. The summed E-state index contributed by atoms with van der Waals surface area (Å²) in [5, 5.41) is 6.61. The lowest BCUT2D eigenvalue weighted by atomic mass is 9.89. The summed E-state index contributed by atoms with van der Waals surface area (Å²) in [6, 6.07) is 4.72. The van der Waals surface area contributed by atoms with Crippen LogP contribution in [0.1, 0.15) is 71.4 Å². The average molecular weight is 510 g/mol. The molecule has 0 spiro atoms. The fraction of sp³-hybridized carbons (Fsp3) is 0.600. The van der Waals surface area contributed by atoms with E-state index in [0.29, 0.717) is 24.1 Å². The molecule has 1 aromatic heterocycles. The van der Waals surface area contributed by atoms with E-state index >= 15 is 4.39 Å². The van der Waals surface area contributed by atoms with Gasteiger partial charge in [-0.25, -0.2) is 4.98 Å². The van der Waals surface area contributed by atoms with Crippen LogP contribution in [-0.2, 0) is 4.79 Å². The average Bonchev–Trinajstić information content (AvgIpc) is 3.33. The Bertz CT molecular complexity index is 1020. The summed E-state index contributed by atoms with van der Waals surface area (Å²) in [5.41, 5.74) is 4.49. The molecule has 37 heavy (non-hydrogen) atoms. The van der Waals surface area contributed by atoms with Crippen molar-refractivity contribution in [1.82, 2.24) is 20.5 Å². The van der Waals surface area contributed by atoms with E-state index in [1.807, 2.05) is 19.1 Å². The lowest BCUT2D eigenvalue weighted by molar-refractivity contribution is -0.117. The molecule has 3 aliphatic rings. The number of anilines is 1. The van der Waals surface area contributed by atoms with Gasteiger partial charge in [-0.1, -0.05) is 25.7 Å². The third-order valence-electron chi connectivity index (χ3n) is 8.06. The van der Waals surface area contributed by atoms with Crippen LogP contribution in [0.25, 0.3) is 5.70 Å². The molecule has 3 fully saturated rings. The number of hydrogen-bond acceptors (Lipinski definition) is 5. The summed E-state index contributed by atoms with van der Waals surface area (Å²) in [5.74, 6) is 0.168. The first kappa shape index (κ1) is 27.4. The van der Waals surface area contributed by atoms with Gasteiger partial charge in [0, 0.05) is 50.4 Å². The van der Waals surface area contributed by atoms with Crippen LogP contribution in [0.5, 0.6) is 0 Å². The minimum Gasteiger partial charge on any atom is -0.381 e. The minimum atomic E-state index is -0.373. The normalized spacial score (nSPS) is 22.7. The van der Waals surface area contributed by atoms with Gasteiger partial charge in [0.05, 0.1) is 17.1 Å². The van der Waals surface area contributed by atoms with Crippen LogP contribution in [0, 0.1) is 11.9 Å². The second kappa shape index (κ2) is 12.7. The molecule has 4 rings (SSSR count). The third-order valence-corrected chi connectivity index (χ3v) is 8.06. The summed E-state index contributed by atoms with van der Waals surface area (Å²) in [6.45, 7) is 14.1. The fourth-order valence-electron chi connectivity index (χ4n) is 5.79. The summed E-state index contributed by atoms with van der Waals surface area (Å²) in [7, 11) is 0. The van der Waals surface area contributed by atoms with Gasteiger partial charge in [-0.2, -0.15) is 4.39 Å². The van der Waals surface area contributed by atoms with E-state index in [4.69, 9.17) is 0 Å². The molecule has 1 aliphatic heterocycles. The molecule has 202 valence electrons. The van der Waals surface area contributed by atoms with Gasteiger partial charge < -0.3 is 15.5 Å². The van der Waals surface area contributed by atoms with Crippen molar-refractivity contribution >= 4 is 17.3 Å². The molecular formula is C30H44FN5O. The molecule has 2 saturated carbocycles. The highest BCUT2D eigenvalue weighted by molar-refractivity contribution is 5.93. The molecule has 0 aromatic carbocycles. The Morgan fingerprint density at radius 2 is 1.97 bits per heavy atom. The van der Waals surface area contributed by atoms with Crippen molar-refractivity contribution in [2.24, 2.45) is 5.92 Å². The molecule has 0 bridgehead atoms. The number of carbonyl (C=O) groups excluding carboxylic acids is 1. The zero-order valence-electron chi connectivity index (χ0n) is 22.9. The van der Waals surface area contributed by atoms with Crippen molar-refractivity contribution in [3.05, 3.63) is 53.7 Å². The van der Waals surface area contributed by atoms with Crippen LogP contribution in [0.15, 0.2) is 42.0 Å². The van der Waals surface area contributed by atoms with Crippen LogP contribution in [0.3, 0.4) is 0 Å². The number of carbonyl (C=O) groups is 1. The lowest BCUT2D eigenvalue weighted by Crippen LogP contribution is -2.50. The van der Waals surface area contributed by atoms with E-state index in [9.17, 15) is 4.79 Å². The Labute approximate surface area is 222 Å². The van der Waals surface area contributed by atoms with Gasteiger partial charge in [0.2, 0.25) is 11.9 Å². The molecule has 1 aromatic rings. The van der Waals surface area contributed by atoms with Gasteiger partial charge in [-0.15, -0.1) is 0 Å².